The van der Waals surface area contributed by atoms with Gasteiger partial charge in [0.25, 0.3) is 0 Å². The van der Waals surface area contributed by atoms with E-state index >= 15 is 0 Å². The van der Waals surface area contributed by atoms with E-state index < -0.39 is 0 Å². The van der Waals surface area contributed by atoms with Gasteiger partial charge in [-0.2, -0.15) is 0 Å². The second kappa shape index (κ2) is 8.03. The molecule has 1 rings (SSSR count). The van der Waals surface area contributed by atoms with Crippen LogP contribution in [-0.4, -0.2) is 24.5 Å². The molecule has 0 radical (unpaired) electrons. The summed E-state index contributed by atoms with van der Waals surface area (Å²) in [7, 11) is 2.19. The Bertz CT molecular complexity index is 362. The van der Waals surface area contributed by atoms with Gasteiger partial charge in [0.1, 0.15) is 0 Å². The Labute approximate surface area is 126 Å². The molecule has 0 aliphatic rings. The molecule has 108 valence electrons. The Kier molecular flexibility index (Phi) is 7.05. The molecular formula is C16H27BrN2. The van der Waals surface area contributed by atoms with Gasteiger partial charge in [-0.3, -0.25) is 4.90 Å². The van der Waals surface area contributed by atoms with Crippen molar-refractivity contribution in [2.24, 2.45) is 11.7 Å². The van der Waals surface area contributed by atoms with Crippen LogP contribution in [0.1, 0.15) is 45.2 Å². The van der Waals surface area contributed by atoms with Crippen molar-refractivity contribution in [3.63, 3.8) is 0 Å². The fraction of sp³-hybridized carbons (Fsp3) is 0.625. The van der Waals surface area contributed by atoms with E-state index in [1.165, 1.54) is 12.0 Å². The van der Waals surface area contributed by atoms with Crippen LogP contribution in [0.15, 0.2) is 28.7 Å². The first-order valence-electron chi connectivity index (χ1n) is 7.17. The lowest BCUT2D eigenvalue weighted by Gasteiger charge is -2.33. The van der Waals surface area contributed by atoms with Gasteiger partial charge in [-0.25, -0.2) is 0 Å². The fourth-order valence-electron chi connectivity index (χ4n) is 2.31. The SMILES string of the molecule is CCC(N)C(c1ccc(Br)cc1)N(C)CCC(C)C. The lowest BCUT2D eigenvalue weighted by Crippen LogP contribution is -2.39. The molecule has 2 N–H and O–H groups in total. The maximum absolute atomic E-state index is 6.34. The van der Waals surface area contributed by atoms with Crippen LogP contribution in [0.2, 0.25) is 0 Å². The zero-order chi connectivity index (χ0) is 14.4. The smallest absolute Gasteiger partial charge is 0.0496 e. The Morgan fingerprint density at radius 3 is 2.26 bits per heavy atom. The average molecular weight is 327 g/mol. The molecule has 0 saturated carbocycles. The van der Waals surface area contributed by atoms with Crippen LogP contribution in [0.25, 0.3) is 0 Å². The minimum Gasteiger partial charge on any atom is -0.326 e. The zero-order valence-electron chi connectivity index (χ0n) is 12.6. The Balaban J connectivity index is 2.85. The van der Waals surface area contributed by atoms with Gasteiger partial charge in [0.2, 0.25) is 0 Å². The van der Waals surface area contributed by atoms with Crippen molar-refractivity contribution in [2.75, 3.05) is 13.6 Å². The van der Waals surface area contributed by atoms with Crippen molar-refractivity contribution in [1.29, 1.82) is 0 Å². The van der Waals surface area contributed by atoms with Gasteiger partial charge in [0, 0.05) is 16.6 Å². The summed E-state index contributed by atoms with van der Waals surface area (Å²) in [5.74, 6) is 0.728. The fourth-order valence-corrected chi connectivity index (χ4v) is 2.58. The molecule has 0 aliphatic heterocycles. The number of rotatable bonds is 7. The number of likely N-dealkylation sites (N-methyl/N-ethyl adjacent to an activating group) is 1. The number of hydrogen-bond donors (Lipinski definition) is 1. The van der Waals surface area contributed by atoms with Crippen molar-refractivity contribution in [1.82, 2.24) is 4.90 Å². The second-order valence-corrected chi connectivity index (χ2v) is 6.65. The molecule has 3 heteroatoms. The number of nitrogens with zero attached hydrogens (tertiary/aromatic N) is 1. The second-order valence-electron chi connectivity index (χ2n) is 5.73. The summed E-state index contributed by atoms with van der Waals surface area (Å²) >= 11 is 3.49. The predicted octanol–water partition coefficient (Wildman–Crippen LogP) is 4.21. The topological polar surface area (TPSA) is 29.3 Å². The highest BCUT2D eigenvalue weighted by molar-refractivity contribution is 9.10. The lowest BCUT2D eigenvalue weighted by atomic mass is 9.96. The first-order valence-corrected chi connectivity index (χ1v) is 7.96. The molecular weight excluding hydrogens is 300 g/mol. The first kappa shape index (κ1) is 16.7. The minimum atomic E-state index is 0.179. The van der Waals surface area contributed by atoms with E-state index in [1.54, 1.807) is 0 Å². The van der Waals surface area contributed by atoms with Gasteiger partial charge < -0.3 is 5.73 Å². The van der Waals surface area contributed by atoms with Crippen molar-refractivity contribution < 1.29 is 0 Å². The number of hydrogen-bond acceptors (Lipinski definition) is 2. The summed E-state index contributed by atoms with van der Waals surface area (Å²) in [6.45, 7) is 7.78. The van der Waals surface area contributed by atoms with Crippen LogP contribution in [0, 0.1) is 5.92 Å². The minimum absolute atomic E-state index is 0.179. The maximum Gasteiger partial charge on any atom is 0.0496 e. The van der Waals surface area contributed by atoms with E-state index in [2.05, 4.69) is 72.9 Å². The third-order valence-electron chi connectivity index (χ3n) is 3.62. The molecule has 0 aliphatic carbocycles. The molecule has 0 fully saturated rings. The molecule has 0 amide bonds. The van der Waals surface area contributed by atoms with Crippen LogP contribution < -0.4 is 5.73 Å². The molecule has 1 aromatic rings. The predicted molar refractivity (Wildman–Crippen MR) is 87.2 cm³/mol. The lowest BCUT2D eigenvalue weighted by molar-refractivity contribution is 0.199. The van der Waals surface area contributed by atoms with Crippen LogP contribution in [0.4, 0.5) is 0 Å². The molecule has 2 nitrogen and oxygen atoms in total. The average Bonchev–Trinajstić information content (AvgIpc) is 2.38. The first-order chi connectivity index (χ1) is 8.95. The van der Waals surface area contributed by atoms with Crippen LogP contribution >= 0.6 is 15.9 Å². The van der Waals surface area contributed by atoms with E-state index in [9.17, 15) is 0 Å². The van der Waals surface area contributed by atoms with E-state index in [-0.39, 0.29) is 6.04 Å². The van der Waals surface area contributed by atoms with Crippen molar-refractivity contribution in [3.05, 3.63) is 34.3 Å². The molecule has 19 heavy (non-hydrogen) atoms. The quantitative estimate of drug-likeness (QED) is 0.813. The van der Waals surface area contributed by atoms with Gasteiger partial charge in [-0.1, -0.05) is 48.8 Å². The summed E-state index contributed by atoms with van der Waals surface area (Å²) in [5, 5.41) is 0. The maximum atomic E-state index is 6.34. The summed E-state index contributed by atoms with van der Waals surface area (Å²) < 4.78 is 1.12. The highest BCUT2D eigenvalue weighted by atomic mass is 79.9. The number of halogens is 1. The zero-order valence-corrected chi connectivity index (χ0v) is 14.2. The molecule has 2 atom stereocenters. The Hall–Kier alpha value is -0.380. The van der Waals surface area contributed by atoms with E-state index in [0.717, 1.165) is 23.4 Å². The summed E-state index contributed by atoms with van der Waals surface area (Å²) in [6, 6.07) is 9.03. The molecule has 1 aromatic carbocycles. The Morgan fingerprint density at radius 2 is 1.79 bits per heavy atom. The molecule has 0 aromatic heterocycles. The summed E-state index contributed by atoms with van der Waals surface area (Å²) in [5.41, 5.74) is 7.65. The number of benzene rings is 1. The largest absolute Gasteiger partial charge is 0.326 e. The molecule has 2 unspecified atom stereocenters. The molecule has 0 saturated heterocycles. The van der Waals surface area contributed by atoms with Gasteiger partial charge in [0.15, 0.2) is 0 Å². The van der Waals surface area contributed by atoms with E-state index in [1.807, 2.05) is 0 Å². The number of nitrogens with two attached hydrogens (primary N) is 1. The van der Waals surface area contributed by atoms with Crippen LogP contribution in [-0.2, 0) is 0 Å². The summed E-state index contributed by atoms with van der Waals surface area (Å²) in [4.78, 5) is 2.40. The van der Waals surface area contributed by atoms with Gasteiger partial charge in [-0.15, -0.1) is 0 Å². The summed E-state index contributed by atoms with van der Waals surface area (Å²) in [6.07, 6.45) is 2.20. The van der Waals surface area contributed by atoms with Crippen LogP contribution in [0.5, 0.6) is 0 Å². The third-order valence-corrected chi connectivity index (χ3v) is 4.15. The standard InChI is InChI=1S/C16H27BrN2/c1-5-15(18)16(19(4)11-10-12(2)3)13-6-8-14(17)9-7-13/h6-9,12,15-16H,5,10-11,18H2,1-4H3. The molecule has 0 bridgehead atoms. The Morgan fingerprint density at radius 1 is 1.21 bits per heavy atom. The normalized spacial score (nSPS) is 14.9. The van der Waals surface area contributed by atoms with E-state index in [4.69, 9.17) is 5.73 Å². The van der Waals surface area contributed by atoms with E-state index in [0.29, 0.717) is 6.04 Å². The van der Waals surface area contributed by atoms with Crippen molar-refractivity contribution in [3.8, 4) is 0 Å². The highest BCUT2D eigenvalue weighted by Crippen LogP contribution is 2.26. The van der Waals surface area contributed by atoms with Gasteiger partial charge in [0.05, 0.1) is 0 Å². The van der Waals surface area contributed by atoms with Gasteiger partial charge in [-0.05, 0) is 50.0 Å². The van der Waals surface area contributed by atoms with Gasteiger partial charge >= 0.3 is 0 Å². The monoisotopic (exact) mass is 326 g/mol. The third kappa shape index (κ3) is 5.25. The molecule has 0 spiro atoms. The van der Waals surface area contributed by atoms with Crippen LogP contribution in [0.3, 0.4) is 0 Å². The van der Waals surface area contributed by atoms with Crippen molar-refractivity contribution in [2.45, 2.75) is 45.7 Å². The molecule has 0 heterocycles. The highest BCUT2D eigenvalue weighted by Gasteiger charge is 2.22. The van der Waals surface area contributed by atoms with Crippen molar-refractivity contribution >= 4 is 15.9 Å².